The standard InChI is InChI=1S/C8H14O4/c1-8(5-12-6-8)2-3-11-4-7(9)10/h2-6H2,1H3,(H,9,10). The number of rotatable bonds is 5. The van der Waals surface area contributed by atoms with Gasteiger partial charge in [-0.05, 0) is 6.42 Å². The van der Waals surface area contributed by atoms with Crippen LogP contribution in [0.1, 0.15) is 13.3 Å². The predicted molar refractivity (Wildman–Crippen MR) is 42.0 cm³/mol. The van der Waals surface area contributed by atoms with Crippen molar-refractivity contribution in [3.05, 3.63) is 0 Å². The van der Waals surface area contributed by atoms with Gasteiger partial charge in [-0.15, -0.1) is 0 Å². The summed E-state index contributed by atoms with van der Waals surface area (Å²) in [5.41, 5.74) is 0.221. The molecule has 1 N–H and O–H groups in total. The van der Waals surface area contributed by atoms with Gasteiger partial charge in [0, 0.05) is 12.0 Å². The fraction of sp³-hybridized carbons (Fsp3) is 0.875. The van der Waals surface area contributed by atoms with E-state index in [1.54, 1.807) is 0 Å². The molecule has 1 aliphatic heterocycles. The molecule has 0 aromatic rings. The van der Waals surface area contributed by atoms with Crippen molar-refractivity contribution < 1.29 is 19.4 Å². The topological polar surface area (TPSA) is 55.8 Å². The molecule has 1 heterocycles. The number of carbonyl (C=O) groups is 1. The van der Waals surface area contributed by atoms with E-state index in [1.165, 1.54) is 0 Å². The molecular weight excluding hydrogens is 160 g/mol. The number of hydrogen-bond donors (Lipinski definition) is 1. The third-order valence-electron chi connectivity index (χ3n) is 1.98. The molecule has 0 saturated carbocycles. The Morgan fingerprint density at radius 2 is 2.33 bits per heavy atom. The molecule has 1 saturated heterocycles. The van der Waals surface area contributed by atoms with Crippen LogP contribution in [-0.4, -0.2) is 37.5 Å². The lowest BCUT2D eigenvalue weighted by molar-refractivity contribution is -0.144. The van der Waals surface area contributed by atoms with Crippen LogP contribution in [0.4, 0.5) is 0 Å². The second kappa shape index (κ2) is 3.87. The van der Waals surface area contributed by atoms with Crippen LogP contribution in [0.25, 0.3) is 0 Å². The summed E-state index contributed by atoms with van der Waals surface area (Å²) in [6.45, 7) is 3.95. The average Bonchev–Trinajstić information content (AvgIpc) is 1.94. The summed E-state index contributed by atoms with van der Waals surface area (Å²) in [6.07, 6.45) is 0.875. The maximum atomic E-state index is 10.1. The molecule has 0 radical (unpaired) electrons. The van der Waals surface area contributed by atoms with Crippen molar-refractivity contribution in [3.8, 4) is 0 Å². The monoisotopic (exact) mass is 174 g/mol. The first-order chi connectivity index (χ1) is 5.62. The number of carboxylic acids is 1. The van der Waals surface area contributed by atoms with Gasteiger partial charge in [0.1, 0.15) is 6.61 Å². The van der Waals surface area contributed by atoms with Crippen LogP contribution in [0, 0.1) is 5.41 Å². The van der Waals surface area contributed by atoms with Crippen molar-refractivity contribution in [2.45, 2.75) is 13.3 Å². The lowest BCUT2D eigenvalue weighted by atomic mass is 9.85. The third-order valence-corrected chi connectivity index (χ3v) is 1.98. The first-order valence-electron chi connectivity index (χ1n) is 4.00. The molecule has 1 fully saturated rings. The van der Waals surface area contributed by atoms with Crippen LogP contribution in [0.5, 0.6) is 0 Å². The first kappa shape index (κ1) is 9.48. The highest BCUT2D eigenvalue weighted by Gasteiger charge is 2.32. The molecule has 1 aliphatic rings. The zero-order valence-electron chi connectivity index (χ0n) is 7.21. The van der Waals surface area contributed by atoms with E-state index in [-0.39, 0.29) is 12.0 Å². The Labute approximate surface area is 71.5 Å². The van der Waals surface area contributed by atoms with Gasteiger partial charge < -0.3 is 14.6 Å². The fourth-order valence-corrected chi connectivity index (χ4v) is 1.07. The molecule has 0 aromatic heterocycles. The lowest BCUT2D eigenvalue weighted by Crippen LogP contribution is -2.40. The molecule has 70 valence electrons. The minimum absolute atomic E-state index is 0.197. The van der Waals surface area contributed by atoms with Gasteiger partial charge in [0.05, 0.1) is 13.2 Å². The van der Waals surface area contributed by atoms with Crippen LogP contribution < -0.4 is 0 Å². The molecular formula is C8H14O4. The number of carboxylic acid groups (broad SMARTS) is 1. The Balaban J connectivity index is 1.98. The molecule has 0 aliphatic carbocycles. The molecule has 0 atom stereocenters. The highest BCUT2D eigenvalue weighted by molar-refractivity contribution is 5.67. The zero-order chi connectivity index (χ0) is 9.03. The Morgan fingerprint density at radius 1 is 1.67 bits per heavy atom. The Bertz CT molecular complexity index is 162. The summed E-state index contributed by atoms with van der Waals surface area (Å²) in [5.74, 6) is -0.912. The van der Waals surface area contributed by atoms with Gasteiger partial charge in [0.25, 0.3) is 0 Å². The van der Waals surface area contributed by atoms with Crippen LogP contribution >= 0.6 is 0 Å². The van der Waals surface area contributed by atoms with Crippen LogP contribution in [0.2, 0.25) is 0 Å². The van der Waals surface area contributed by atoms with Crippen LogP contribution in [-0.2, 0) is 14.3 Å². The minimum Gasteiger partial charge on any atom is -0.480 e. The molecule has 0 amide bonds. The van der Waals surface area contributed by atoms with Gasteiger partial charge in [-0.2, -0.15) is 0 Å². The van der Waals surface area contributed by atoms with Crippen molar-refractivity contribution in [3.63, 3.8) is 0 Å². The van der Waals surface area contributed by atoms with Crippen molar-refractivity contribution in [2.24, 2.45) is 5.41 Å². The molecule has 1 rings (SSSR count). The Hall–Kier alpha value is -0.610. The van der Waals surface area contributed by atoms with E-state index < -0.39 is 5.97 Å². The molecule has 4 heteroatoms. The maximum absolute atomic E-state index is 10.1. The quantitative estimate of drug-likeness (QED) is 0.617. The predicted octanol–water partition coefficient (Wildman–Crippen LogP) is 0.514. The summed E-state index contributed by atoms with van der Waals surface area (Å²) in [6, 6.07) is 0. The number of aliphatic carboxylic acids is 1. The average molecular weight is 174 g/mol. The van der Waals surface area contributed by atoms with Gasteiger partial charge >= 0.3 is 5.97 Å². The molecule has 0 unspecified atom stereocenters. The van der Waals surface area contributed by atoms with E-state index >= 15 is 0 Å². The molecule has 0 spiro atoms. The Morgan fingerprint density at radius 3 is 2.75 bits per heavy atom. The minimum atomic E-state index is -0.912. The van der Waals surface area contributed by atoms with E-state index in [0.29, 0.717) is 6.61 Å². The van der Waals surface area contributed by atoms with Gasteiger partial charge in [-0.1, -0.05) is 6.92 Å². The molecule has 4 nitrogen and oxygen atoms in total. The Kier molecular flexibility index (Phi) is 3.05. The molecule has 12 heavy (non-hydrogen) atoms. The second-order valence-electron chi connectivity index (χ2n) is 3.50. The summed E-state index contributed by atoms with van der Waals surface area (Å²) < 4.78 is 9.96. The largest absolute Gasteiger partial charge is 0.480 e. The van der Waals surface area contributed by atoms with E-state index in [1.807, 2.05) is 0 Å². The fourth-order valence-electron chi connectivity index (χ4n) is 1.07. The summed E-state index contributed by atoms with van der Waals surface area (Å²) in [4.78, 5) is 10.1. The lowest BCUT2D eigenvalue weighted by Gasteiger charge is -2.37. The van der Waals surface area contributed by atoms with Crippen LogP contribution in [0.15, 0.2) is 0 Å². The highest BCUT2D eigenvalue weighted by atomic mass is 16.5. The van der Waals surface area contributed by atoms with Crippen molar-refractivity contribution >= 4 is 5.97 Å². The van der Waals surface area contributed by atoms with Gasteiger partial charge in [-0.25, -0.2) is 4.79 Å². The van der Waals surface area contributed by atoms with E-state index in [2.05, 4.69) is 6.92 Å². The van der Waals surface area contributed by atoms with Gasteiger partial charge in [0.15, 0.2) is 0 Å². The maximum Gasteiger partial charge on any atom is 0.329 e. The van der Waals surface area contributed by atoms with E-state index in [0.717, 1.165) is 19.6 Å². The highest BCUT2D eigenvalue weighted by Crippen LogP contribution is 2.30. The summed E-state index contributed by atoms with van der Waals surface area (Å²) >= 11 is 0. The number of hydrogen-bond acceptors (Lipinski definition) is 3. The first-order valence-corrected chi connectivity index (χ1v) is 4.00. The normalized spacial score (nSPS) is 20.1. The third kappa shape index (κ3) is 2.79. The van der Waals surface area contributed by atoms with Crippen LogP contribution in [0.3, 0.4) is 0 Å². The zero-order valence-corrected chi connectivity index (χ0v) is 7.21. The number of ether oxygens (including phenoxy) is 2. The summed E-state index contributed by atoms with van der Waals surface area (Å²) in [7, 11) is 0. The molecule has 0 aromatic carbocycles. The SMILES string of the molecule is CC1(CCOCC(=O)O)COC1. The van der Waals surface area contributed by atoms with Crippen molar-refractivity contribution in [2.75, 3.05) is 26.4 Å². The van der Waals surface area contributed by atoms with Gasteiger partial charge in [0.2, 0.25) is 0 Å². The second-order valence-corrected chi connectivity index (χ2v) is 3.50. The van der Waals surface area contributed by atoms with Crippen molar-refractivity contribution in [1.82, 2.24) is 0 Å². The van der Waals surface area contributed by atoms with Gasteiger partial charge in [-0.3, -0.25) is 0 Å². The summed E-state index contributed by atoms with van der Waals surface area (Å²) in [5, 5.41) is 8.26. The van der Waals surface area contributed by atoms with E-state index in [4.69, 9.17) is 14.6 Å². The van der Waals surface area contributed by atoms with E-state index in [9.17, 15) is 4.79 Å². The molecule has 0 bridgehead atoms. The smallest absolute Gasteiger partial charge is 0.329 e. The van der Waals surface area contributed by atoms with Crippen molar-refractivity contribution in [1.29, 1.82) is 0 Å².